The fraction of sp³-hybridized carbons (Fsp3) is 0.0833. The Bertz CT molecular complexity index is 662. The van der Waals surface area contributed by atoms with E-state index < -0.39 is 0 Å². The third-order valence-corrected chi connectivity index (χ3v) is 2.55. The minimum absolute atomic E-state index is 0.467. The predicted octanol–water partition coefficient (Wildman–Crippen LogP) is 2.19. The van der Waals surface area contributed by atoms with Gasteiger partial charge in [0.15, 0.2) is 5.65 Å². The standard InChI is InChI=1S/C12H11N5O/c1-13-8-2-4-9(5-3-8)18-12-10-11(15-6-14-10)16-7-17-12/h2-7,13H,1H3,(H,14,15,16,17). The van der Waals surface area contributed by atoms with Gasteiger partial charge in [-0.2, -0.15) is 4.98 Å². The maximum Gasteiger partial charge on any atom is 0.248 e. The molecule has 0 bridgehead atoms. The van der Waals surface area contributed by atoms with Crippen molar-refractivity contribution < 1.29 is 4.74 Å². The number of rotatable bonds is 3. The van der Waals surface area contributed by atoms with E-state index in [0.29, 0.717) is 22.8 Å². The van der Waals surface area contributed by atoms with Crippen LogP contribution in [0.1, 0.15) is 0 Å². The molecular formula is C12H11N5O. The van der Waals surface area contributed by atoms with Crippen molar-refractivity contribution in [3.05, 3.63) is 36.9 Å². The second-order valence-corrected chi connectivity index (χ2v) is 3.66. The summed E-state index contributed by atoms with van der Waals surface area (Å²) in [7, 11) is 1.87. The van der Waals surface area contributed by atoms with Crippen molar-refractivity contribution in [2.24, 2.45) is 0 Å². The predicted molar refractivity (Wildman–Crippen MR) is 67.7 cm³/mol. The molecule has 0 amide bonds. The van der Waals surface area contributed by atoms with E-state index in [1.807, 2.05) is 31.3 Å². The second kappa shape index (κ2) is 4.33. The van der Waals surface area contributed by atoms with Crippen LogP contribution in [0.3, 0.4) is 0 Å². The van der Waals surface area contributed by atoms with Gasteiger partial charge in [0.2, 0.25) is 5.88 Å². The van der Waals surface area contributed by atoms with E-state index in [4.69, 9.17) is 4.74 Å². The van der Waals surface area contributed by atoms with Crippen molar-refractivity contribution >= 4 is 16.9 Å². The number of benzene rings is 1. The Morgan fingerprint density at radius 2 is 1.94 bits per heavy atom. The molecule has 18 heavy (non-hydrogen) atoms. The molecule has 3 aromatic rings. The van der Waals surface area contributed by atoms with E-state index >= 15 is 0 Å². The largest absolute Gasteiger partial charge is 0.437 e. The fourth-order valence-electron chi connectivity index (χ4n) is 1.62. The zero-order valence-corrected chi connectivity index (χ0v) is 9.71. The first-order valence-electron chi connectivity index (χ1n) is 5.46. The highest BCUT2D eigenvalue weighted by molar-refractivity contribution is 5.75. The number of H-pyrrole nitrogens is 1. The minimum Gasteiger partial charge on any atom is -0.437 e. The van der Waals surface area contributed by atoms with E-state index in [-0.39, 0.29) is 0 Å². The topological polar surface area (TPSA) is 75.7 Å². The molecule has 0 unspecified atom stereocenters. The Labute approximate surface area is 103 Å². The van der Waals surface area contributed by atoms with Gasteiger partial charge in [-0.3, -0.25) is 0 Å². The normalized spacial score (nSPS) is 10.5. The highest BCUT2D eigenvalue weighted by Gasteiger charge is 2.07. The summed E-state index contributed by atoms with van der Waals surface area (Å²) in [5.41, 5.74) is 2.30. The quantitative estimate of drug-likeness (QED) is 0.735. The van der Waals surface area contributed by atoms with Gasteiger partial charge in [-0.15, -0.1) is 0 Å². The van der Waals surface area contributed by atoms with Crippen LogP contribution >= 0.6 is 0 Å². The van der Waals surface area contributed by atoms with Gasteiger partial charge in [-0.05, 0) is 24.3 Å². The monoisotopic (exact) mass is 241 g/mol. The molecule has 0 saturated carbocycles. The van der Waals surface area contributed by atoms with Gasteiger partial charge in [0.05, 0.1) is 6.33 Å². The number of imidazole rings is 1. The van der Waals surface area contributed by atoms with Crippen molar-refractivity contribution in [3.63, 3.8) is 0 Å². The Kier molecular flexibility index (Phi) is 2.53. The fourth-order valence-corrected chi connectivity index (χ4v) is 1.62. The smallest absolute Gasteiger partial charge is 0.248 e. The van der Waals surface area contributed by atoms with Crippen LogP contribution in [0.15, 0.2) is 36.9 Å². The van der Waals surface area contributed by atoms with Gasteiger partial charge in [0, 0.05) is 12.7 Å². The lowest BCUT2D eigenvalue weighted by atomic mass is 10.3. The first-order valence-corrected chi connectivity index (χ1v) is 5.46. The average Bonchev–Trinajstić information content (AvgIpc) is 2.89. The summed E-state index contributed by atoms with van der Waals surface area (Å²) in [6.45, 7) is 0. The molecular weight excluding hydrogens is 230 g/mol. The number of nitrogens with zero attached hydrogens (tertiary/aromatic N) is 3. The van der Waals surface area contributed by atoms with E-state index in [9.17, 15) is 0 Å². The zero-order valence-electron chi connectivity index (χ0n) is 9.71. The Morgan fingerprint density at radius 1 is 1.11 bits per heavy atom. The third kappa shape index (κ3) is 1.84. The number of hydrogen-bond acceptors (Lipinski definition) is 5. The molecule has 0 fully saturated rings. The Morgan fingerprint density at radius 3 is 2.72 bits per heavy atom. The number of hydrogen-bond donors (Lipinski definition) is 2. The molecule has 0 aliphatic carbocycles. The molecule has 6 nitrogen and oxygen atoms in total. The molecule has 3 rings (SSSR count). The molecule has 0 spiro atoms. The van der Waals surface area contributed by atoms with Crippen molar-refractivity contribution in [1.29, 1.82) is 0 Å². The number of nitrogens with one attached hydrogen (secondary N) is 2. The molecule has 2 heterocycles. The van der Waals surface area contributed by atoms with E-state index in [1.165, 1.54) is 6.33 Å². The van der Waals surface area contributed by atoms with Gasteiger partial charge in [0.25, 0.3) is 0 Å². The number of aromatic amines is 1. The van der Waals surface area contributed by atoms with Crippen LogP contribution in [0.2, 0.25) is 0 Å². The van der Waals surface area contributed by atoms with Gasteiger partial charge < -0.3 is 15.0 Å². The van der Waals surface area contributed by atoms with Crippen LogP contribution in [-0.2, 0) is 0 Å². The van der Waals surface area contributed by atoms with Crippen LogP contribution in [0, 0.1) is 0 Å². The van der Waals surface area contributed by atoms with E-state index in [2.05, 4.69) is 25.3 Å². The summed E-state index contributed by atoms with van der Waals surface area (Å²) >= 11 is 0. The number of aromatic nitrogens is 4. The molecule has 0 radical (unpaired) electrons. The zero-order chi connectivity index (χ0) is 12.4. The third-order valence-electron chi connectivity index (χ3n) is 2.55. The molecule has 2 N–H and O–H groups in total. The molecule has 90 valence electrons. The van der Waals surface area contributed by atoms with Crippen molar-refractivity contribution in [1.82, 2.24) is 19.9 Å². The number of ether oxygens (including phenoxy) is 1. The average molecular weight is 241 g/mol. The SMILES string of the molecule is CNc1ccc(Oc2ncnc3nc[nH]c23)cc1. The van der Waals surface area contributed by atoms with Gasteiger partial charge in [0.1, 0.15) is 17.6 Å². The van der Waals surface area contributed by atoms with E-state index in [0.717, 1.165) is 5.69 Å². The van der Waals surface area contributed by atoms with Crippen LogP contribution in [-0.4, -0.2) is 27.0 Å². The van der Waals surface area contributed by atoms with Crippen LogP contribution in [0.5, 0.6) is 11.6 Å². The summed E-state index contributed by atoms with van der Waals surface area (Å²) in [5, 5.41) is 3.05. The Hall–Kier alpha value is -2.63. The second-order valence-electron chi connectivity index (χ2n) is 3.66. The lowest BCUT2D eigenvalue weighted by molar-refractivity contribution is 0.467. The molecule has 1 aromatic carbocycles. The number of anilines is 1. The first-order chi connectivity index (χ1) is 8.86. The van der Waals surface area contributed by atoms with Gasteiger partial charge >= 0.3 is 0 Å². The summed E-state index contributed by atoms with van der Waals surface area (Å²) < 4.78 is 5.70. The van der Waals surface area contributed by atoms with Gasteiger partial charge in [-0.25, -0.2) is 9.97 Å². The maximum atomic E-state index is 5.70. The molecule has 0 saturated heterocycles. The molecule has 6 heteroatoms. The summed E-state index contributed by atoms with van der Waals surface area (Å²) in [4.78, 5) is 15.1. The summed E-state index contributed by atoms with van der Waals surface area (Å²) in [6.07, 6.45) is 3.00. The lowest BCUT2D eigenvalue weighted by Crippen LogP contribution is -1.92. The minimum atomic E-state index is 0.467. The van der Waals surface area contributed by atoms with Gasteiger partial charge in [-0.1, -0.05) is 0 Å². The number of fused-ring (bicyclic) bond motifs is 1. The summed E-state index contributed by atoms with van der Waals surface area (Å²) in [6, 6.07) is 7.60. The summed E-state index contributed by atoms with van der Waals surface area (Å²) in [5.74, 6) is 1.18. The van der Waals surface area contributed by atoms with Crippen molar-refractivity contribution in [2.45, 2.75) is 0 Å². The highest BCUT2D eigenvalue weighted by atomic mass is 16.5. The van der Waals surface area contributed by atoms with Crippen molar-refractivity contribution in [2.75, 3.05) is 12.4 Å². The molecule has 0 atom stereocenters. The Balaban J connectivity index is 1.93. The first kappa shape index (κ1) is 10.5. The lowest BCUT2D eigenvalue weighted by Gasteiger charge is -2.05. The van der Waals surface area contributed by atoms with Crippen LogP contribution < -0.4 is 10.1 Å². The molecule has 0 aliphatic rings. The maximum absolute atomic E-state index is 5.70. The molecule has 2 aromatic heterocycles. The van der Waals surface area contributed by atoms with Crippen molar-refractivity contribution in [3.8, 4) is 11.6 Å². The van der Waals surface area contributed by atoms with Crippen LogP contribution in [0.4, 0.5) is 5.69 Å². The van der Waals surface area contributed by atoms with E-state index in [1.54, 1.807) is 6.33 Å². The van der Waals surface area contributed by atoms with Crippen LogP contribution in [0.25, 0.3) is 11.2 Å². The highest BCUT2D eigenvalue weighted by Crippen LogP contribution is 2.25. The molecule has 0 aliphatic heterocycles.